The van der Waals surface area contributed by atoms with Gasteiger partial charge < -0.3 is 4.74 Å². The Bertz CT molecular complexity index is 425. The van der Waals surface area contributed by atoms with Crippen molar-refractivity contribution in [1.82, 2.24) is 0 Å². The molecule has 4 heteroatoms. The van der Waals surface area contributed by atoms with Crippen molar-refractivity contribution in [2.75, 3.05) is 7.11 Å². The summed E-state index contributed by atoms with van der Waals surface area (Å²) in [6.07, 6.45) is 0. The number of ketones is 1. The van der Waals surface area contributed by atoms with Crippen LogP contribution in [0.4, 0.5) is 0 Å². The number of rotatable bonds is 3. The summed E-state index contributed by atoms with van der Waals surface area (Å²) in [5, 5.41) is 0.663. The highest BCUT2D eigenvalue weighted by atomic mass is 35.5. The highest BCUT2D eigenvalue weighted by Crippen LogP contribution is 2.31. The Morgan fingerprint density at radius 2 is 1.93 bits per heavy atom. The van der Waals surface area contributed by atoms with Crippen LogP contribution in [0.25, 0.3) is 0 Å². The molecular formula is C11H10Cl2O2. The number of hydrogen-bond donors (Lipinski definition) is 0. The third-order valence-electron chi connectivity index (χ3n) is 1.87. The first kappa shape index (κ1) is 12.1. The number of methoxy groups -OCH3 is 1. The minimum atomic E-state index is -0.218. The Balaban J connectivity index is 3.28. The van der Waals surface area contributed by atoms with E-state index < -0.39 is 0 Å². The van der Waals surface area contributed by atoms with Gasteiger partial charge in [-0.15, -0.1) is 0 Å². The lowest BCUT2D eigenvalue weighted by atomic mass is 10.1. The molecule has 0 N–H and O–H groups in total. The predicted molar refractivity (Wildman–Crippen MR) is 62.2 cm³/mol. The Morgan fingerprint density at radius 1 is 1.33 bits per heavy atom. The second kappa shape index (κ2) is 4.69. The number of carbonyl (C=O) groups excluding carboxylic acids is 1. The van der Waals surface area contributed by atoms with E-state index in [1.165, 1.54) is 19.2 Å². The van der Waals surface area contributed by atoms with Crippen molar-refractivity contribution in [2.24, 2.45) is 0 Å². The quantitative estimate of drug-likeness (QED) is 0.598. The molecule has 1 aromatic rings. The maximum atomic E-state index is 11.6. The average Bonchev–Trinajstić information content (AvgIpc) is 2.19. The summed E-state index contributed by atoms with van der Waals surface area (Å²) in [4.78, 5) is 11.6. The van der Waals surface area contributed by atoms with Gasteiger partial charge >= 0.3 is 0 Å². The van der Waals surface area contributed by atoms with E-state index in [-0.39, 0.29) is 5.78 Å². The summed E-state index contributed by atoms with van der Waals surface area (Å²) in [5.74, 6) is 0.226. The first-order chi connectivity index (χ1) is 6.97. The van der Waals surface area contributed by atoms with Crippen LogP contribution in [-0.4, -0.2) is 12.9 Å². The molecule has 0 aliphatic carbocycles. The molecule has 0 atom stereocenters. The molecule has 2 nitrogen and oxygen atoms in total. The van der Waals surface area contributed by atoms with Gasteiger partial charge in [0.2, 0.25) is 0 Å². The van der Waals surface area contributed by atoms with Crippen molar-refractivity contribution in [3.05, 3.63) is 39.9 Å². The predicted octanol–water partition coefficient (Wildman–Crippen LogP) is 3.76. The molecule has 0 bridgehead atoms. The second-order valence-corrected chi connectivity index (χ2v) is 3.89. The zero-order valence-corrected chi connectivity index (χ0v) is 9.95. The number of halogens is 2. The zero-order valence-electron chi connectivity index (χ0n) is 8.43. The fourth-order valence-corrected chi connectivity index (χ4v) is 1.57. The monoisotopic (exact) mass is 244 g/mol. The third-order valence-corrected chi connectivity index (χ3v) is 2.48. The molecule has 0 unspecified atom stereocenters. The summed E-state index contributed by atoms with van der Waals surface area (Å²) in [6, 6.07) is 3.00. The number of Topliss-reactive ketones (excluding diaryl/α,β-unsaturated/α-hetero) is 1. The molecule has 80 valence electrons. The Kier molecular flexibility index (Phi) is 3.77. The molecule has 0 radical (unpaired) electrons. The van der Waals surface area contributed by atoms with Crippen molar-refractivity contribution in [2.45, 2.75) is 6.92 Å². The standard InChI is InChI=1S/C11H10Cl2O2/c1-6(2)11(14)7-4-9(13)10(15-3)5-8(7)12/h4-5H,1H2,2-3H3. The van der Waals surface area contributed by atoms with Crippen LogP contribution in [0.1, 0.15) is 17.3 Å². The Hall–Kier alpha value is -0.990. The van der Waals surface area contributed by atoms with Crippen LogP contribution in [0.15, 0.2) is 24.3 Å². The van der Waals surface area contributed by atoms with Gasteiger partial charge in [0.15, 0.2) is 5.78 Å². The van der Waals surface area contributed by atoms with Crippen molar-refractivity contribution in [3.8, 4) is 5.75 Å². The Labute approximate surface area is 98.4 Å². The van der Waals surface area contributed by atoms with E-state index >= 15 is 0 Å². The molecule has 0 aromatic heterocycles. The van der Waals surface area contributed by atoms with E-state index in [0.29, 0.717) is 26.9 Å². The summed E-state index contributed by atoms with van der Waals surface area (Å²) >= 11 is 11.8. The van der Waals surface area contributed by atoms with Gasteiger partial charge in [0.25, 0.3) is 0 Å². The van der Waals surface area contributed by atoms with Crippen molar-refractivity contribution in [3.63, 3.8) is 0 Å². The molecule has 1 rings (SSSR count). The van der Waals surface area contributed by atoms with Crippen LogP contribution in [0.5, 0.6) is 5.75 Å². The van der Waals surface area contributed by atoms with Gasteiger partial charge in [0.05, 0.1) is 17.2 Å². The molecule has 0 amide bonds. The lowest BCUT2D eigenvalue weighted by Gasteiger charge is -2.07. The van der Waals surface area contributed by atoms with Crippen LogP contribution < -0.4 is 4.74 Å². The van der Waals surface area contributed by atoms with Gasteiger partial charge in [0, 0.05) is 11.6 Å². The van der Waals surface area contributed by atoms with Gasteiger partial charge in [-0.3, -0.25) is 4.79 Å². The molecule has 0 aliphatic heterocycles. The molecular weight excluding hydrogens is 235 g/mol. The molecule has 0 spiro atoms. The smallest absolute Gasteiger partial charge is 0.189 e. The highest BCUT2D eigenvalue weighted by Gasteiger charge is 2.14. The zero-order chi connectivity index (χ0) is 11.6. The molecule has 15 heavy (non-hydrogen) atoms. The SMILES string of the molecule is C=C(C)C(=O)c1cc(Cl)c(OC)cc1Cl. The van der Waals surface area contributed by atoms with Crippen molar-refractivity contribution < 1.29 is 9.53 Å². The largest absolute Gasteiger partial charge is 0.495 e. The van der Waals surface area contributed by atoms with Crippen LogP contribution in [0.3, 0.4) is 0 Å². The maximum absolute atomic E-state index is 11.6. The van der Waals surface area contributed by atoms with Crippen molar-refractivity contribution >= 4 is 29.0 Å². The fraction of sp³-hybridized carbons (Fsp3) is 0.182. The van der Waals surface area contributed by atoms with Crippen LogP contribution in [0.2, 0.25) is 10.0 Å². The topological polar surface area (TPSA) is 26.3 Å². The number of carbonyl (C=O) groups is 1. The Morgan fingerprint density at radius 3 is 2.40 bits per heavy atom. The molecule has 0 fully saturated rings. The van der Waals surface area contributed by atoms with Crippen molar-refractivity contribution in [1.29, 1.82) is 0 Å². The number of hydrogen-bond acceptors (Lipinski definition) is 2. The maximum Gasteiger partial charge on any atom is 0.189 e. The van der Waals surface area contributed by atoms with Gasteiger partial charge in [-0.1, -0.05) is 29.8 Å². The average molecular weight is 245 g/mol. The normalized spacial score (nSPS) is 9.87. The number of benzene rings is 1. The van der Waals surface area contributed by atoms with Crippen LogP contribution in [-0.2, 0) is 0 Å². The van der Waals surface area contributed by atoms with Crippen LogP contribution in [0, 0.1) is 0 Å². The van der Waals surface area contributed by atoms with Crippen LogP contribution >= 0.6 is 23.2 Å². The first-order valence-corrected chi connectivity index (χ1v) is 4.96. The van der Waals surface area contributed by atoms with E-state index in [9.17, 15) is 4.79 Å². The van der Waals surface area contributed by atoms with E-state index in [0.717, 1.165) is 0 Å². The minimum absolute atomic E-state index is 0.218. The molecule has 0 saturated carbocycles. The molecule has 1 aromatic carbocycles. The fourth-order valence-electron chi connectivity index (χ4n) is 1.09. The van der Waals surface area contributed by atoms with Gasteiger partial charge in [0.1, 0.15) is 5.75 Å². The van der Waals surface area contributed by atoms with E-state index in [1.54, 1.807) is 6.92 Å². The highest BCUT2D eigenvalue weighted by molar-refractivity contribution is 6.37. The molecule has 0 heterocycles. The minimum Gasteiger partial charge on any atom is -0.495 e. The van der Waals surface area contributed by atoms with Gasteiger partial charge in [-0.25, -0.2) is 0 Å². The van der Waals surface area contributed by atoms with E-state index in [2.05, 4.69) is 6.58 Å². The van der Waals surface area contributed by atoms with E-state index in [1.807, 2.05) is 0 Å². The summed E-state index contributed by atoms with van der Waals surface area (Å²) in [7, 11) is 1.48. The third kappa shape index (κ3) is 2.52. The number of allylic oxidation sites excluding steroid dienone is 1. The lowest BCUT2D eigenvalue weighted by molar-refractivity contribution is 0.103. The first-order valence-electron chi connectivity index (χ1n) is 4.20. The summed E-state index contributed by atoms with van der Waals surface area (Å²) in [5.41, 5.74) is 0.758. The molecule has 0 aliphatic rings. The van der Waals surface area contributed by atoms with Gasteiger partial charge in [-0.2, -0.15) is 0 Å². The number of ether oxygens (including phenoxy) is 1. The van der Waals surface area contributed by atoms with Gasteiger partial charge in [-0.05, 0) is 18.6 Å². The summed E-state index contributed by atoms with van der Waals surface area (Å²) in [6.45, 7) is 5.18. The second-order valence-electron chi connectivity index (χ2n) is 3.08. The lowest BCUT2D eigenvalue weighted by Crippen LogP contribution is -2.01. The van der Waals surface area contributed by atoms with E-state index in [4.69, 9.17) is 27.9 Å². The summed E-state index contributed by atoms with van der Waals surface area (Å²) < 4.78 is 4.97. The molecule has 0 saturated heterocycles.